The van der Waals surface area contributed by atoms with E-state index in [0.29, 0.717) is 55.1 Å². The number of aromatic nitrogens is 12. The summed E-state index contributed by atoms with van der Waals surface area (Å²) < 4.78 is 8.81. The Kier molecular flexibility index (Phi) is 13.1. The largest absolute Gasteiger partial charge is 0.341 e. The average Bonchev–Trinajstić information content (AvgIpc) is 3.96. The highest BCUT2D eigenvalue weighted by molar-refractivity contribution is 5.82. The van der Waals surface area contributed by atoms with E-state index in [9.17, 15) is 19.2 Å². The zero-order valence-corrected chi connectivity index (χ0v) is 41.5. The topological polar surface area (TPSA) is 220 Å². The van der Waals surface area contributed by atoms with E-state index in [2.05, 4.69) is 50.7 Å². The van der Waals surface area contributed by atoms with Crippen LogP contribution in [0, 0.1) is 30.6 Å². The molecule has 3 atom stereocenters. The lowest BCUT2D eigenvalue weighted by atomic mass is 10.0. The number of piperidine rings is 2. The third-order valence-corrected chi connectivity index (χ3v) is 13.9. The van der Waals surface area contributed by atoms with Crippen molar-refractivity contribution in [2.45, 2.75) is 104 Å². The molecule has 0 saturated carbocycles. The molecule has 10 rings (SSSR count). The maximum Gasteiger partial charge on any atom is 0.332 e. The standard InChI is InChI=1S/C52H58N16O4/c1-7-9-25-65-43-45(59-49(65)63-23-15-17-34(53)28-63)61(5)52(72)68(48(43)70)31-42-57-39-22-14-12-20-37(39)40(58-42)27-32(3)54-35-18-16-24-64(29-35)50-60-46-44(66(50)26-10-8-2)47(69)67(51(71)62(46)6)30-41-55-33(4)36-19-11-13-21-38(36)56-41/h11-14,19-22,32,34-35,54H,15-18,23-31,53H2,1-6H3/t32-,34+,35+/m0/s1. The van der Waals surface area contributed by atoms with Crippen molar-refractivity contribution in [2.75, 3.05) is 36.0 Å². The maximum atomic E-state index is 14.5. The number of nitrogens with zero attached hydrogens (tertiary/aromatic N) is 14. The lowest BCUT2D eigenvalue weighted by Crippen LogP contribution is -2.49. The van der Waals surface area contributed by atoms with Gasteiger partial charge in [-0.25, -0.2) is 29.5 Å². The van der Waals surface area contributed by atoms with Crippen LogP contribution in [0.5, 0.6) is 0 Å². The van der Waals surface area contributed by atoms with E-state index in [0.717, 1.165) is 59.9 Å². The highest BCUT2D eigenvalue weighted by atomic mass is 16.2. The molecule has 0 bridgehead atoms. The Bertz CT molecular complexity index is 3820. The highest BCUT2D eigenvalue weighted by Gasteiger charge is 2.30. The molecular formula is C52H58N16O4. The molecule has 2 aromatic carbocycles. The summed E-state index contributed by atoms with van der Waals surface area (Å²) in [6.07, 6.45) is 4.06. The number of para-hydroxylation sites is 2. The molecule has 2 aliphatic rings. The summed E-state index contributed by atoms with van der Waals surface area (Å²) in [6.45, 7) is 10.3. The highest BCUT2D eigenvalue weighted by Crippen LogP contribution is 2.26. The molecule has 0 amide bonds. The SMILES string of the molecule is CC#CCn1c(N2CCC[C@@H](N[C@@H](C)Cc3nc(Cn4c(=O)c5c(nc(N6CCC[C@@H](N)C6)n5CC#CC)n(C)c4=O)nc4ccccc34)C2)nc2c1c(=O)n(Cc1nc(C)c3ccccc3n1)c(=O)n2C. The van der Waals surface area contributed by atoms with Crippen LogP contribution < -0.4 is 43.3 Å². The van der Waals surface area contributed by atoms with Gasteiger partial charge in [0.25, 0.3) is 11.1 Å². The number of benzene rings is 2. The zero-order valence-electron chi connectivity index (χ0n) is 41.5. The number of hydrogen-bond donors (Lipinski definition) is 2. The van der Waals surface area contributed by atoms with Gasteiger partial charge in [0.2, 0.25) is 11.9 Å². The smallest absolute Gasteiger partial charge is 0.332 e. The van der Waals surface area contributed by atoms with E-state index in [4.69, 9.17) is 30.7 Å². The second-order valence-corrected chi connectivity index (χ2v) is 18.9. The van der Waals surface area contributed by atoms with Gasteiger partial charge in [-0.05, 0) is 65.5 Å². The van der Waals surface area contributed by atoms with Crippen molar-refractivity contribution in [1.82, 2.24) is 62.6 Å². The number of nitrogens with one attached hydrogen (secondary N) is 1. The normalized spacial score (nSPS) is 16.6. The van der Waals surface area contributed by atoms with E-state index in [1.54, 1.807) is 32.5 Å². The van der Waals surface area contributed by atoms with Crippen LogP contribution in [0.3, 0.4) is 0 Å². The van der Waals surface area contributed by atoms with Gasteiger partial charge in [0, 0.05) is 81.3 Å². The number of aryl methyl sites for hydroxylation is 3. The molecule has 2 saturated heterocycles. The molecule has 8 aromatic rings. The van der Waals surface area contributed by atoms with Crippen LogP contribution in [-0.2, 0) is 46.7 Å². The first kappa shape index (κ1) is 47.7. The summed E-state index contributed by atoms with van der Waals surface area (Å²) >= 11 is 0. The number of imidazole rings is 2. The summed E-state index contributed by atoms with van der Waals surface area (Å²) in [6, 6.07) is 15.4. The molecular weight excluding hydrogens is 913 g/mol. The summed E-state index contributed by atoms with van der Waals surface area (Å²) in [4.78, 5) is 90.2. The monoisotopic (exact) mass is 970 g/mol. The van der Waals surface area contributed by atoms with Crippen molar-refractivity contribution in [1.29, 1.82) is 0 Å². The fourth-order valence-corrected chi connectivity index (χ4v) is 10.4. The predicted molar refractivity (Wildman–Crippen MR) is 278 cm³/mol. The molecule has 6 aromatic heterocycles. The molecule has 0 spiro atoms. The van der Waals surface area contributed by atoms with E-state index in [-0.39, 0.29) is 66.6 Å². The summed E-state index contributed by atoms with van der Waals surface area (Å²) in [7, 11) is 3.25. The molecule has 72 heavy (non-hydrogen) atoms. The van der Waals surface area contributed by atoms with Gasteiger partial charge in [0.15, 0.2) is 22.3 Å². The molecule has 8 heterocycles. The number of anilines is 2. The minimum atomic E-state index is -0.523. The molecule has 2 fully saturated rings. The average molecular weight is 971 g/mol. The van der Waals surface area contributed by atoms with Crippen molar-refractivity contribution in [3.8, 4) is 23.7 Å². The minimum Gasteiger partial charge on any atom is -0.341 e. The first-order valence-electron chi connectivity index (χ1n) is 24.5. The molecule has 20 heteroatoms. The molecule has 20 nitrogen and oxygen atoms in total. The Morgan fingerprint density at radius 3 is 1.75 bits per heavy atom. The fourth-order valence-electron chi connectivity index (χ4n) is 10.4. The zero-order chi connectivity index (χ0) is 50.4. The molecule has 0 aliphatic carbocycles. The summed E-state index contributed by atoms with van der Waals surface area (Å²) in [5.41, 5.74) is 8.46. The second kappa shape index (κ2) is 19.7. The Hall–Kier alpha value is -7.94. The third kappa shape index (κ3) is 8.81. The fraction of sp³-hybridized carbons (Fsp3) is 0.423. The molecule has 370 valence electrons. The van der Waals surface area contributed by atoms with Gasteiger partial charge in [-0.15, -0.1) is 11.8 Å². The lowest BCUT2D eigenvalue weighted by Gasteiger charge is -2.35. The van der Waals surface area contributed by atoms with Gasteiger partial charge < -0.3 is 20.9 Å². The van der Waals surface area contributed by atoms with Gasteiger partial charge in [-0.3, -0.25) is 37.0 Å². The third-order valence-electron chi connectivity index (χ3n) is 13.9. The summed E-state index contributed by atoms with van der Waals surface area (Å²) in [5.74, 6) is 14.0. The van der Waals surface area contributed by atoms with Crippen LogP contribution >= 0.6 is 0 Å². The van der Waals surface area contributed by atoms with Crippen LogP contribution in [0.25, 0.3) is 44.1 Å². The van der Waals surface area contributed by atoms with Crippen molar-refractivity contribution in [3.63, 3.8) is 0 Å². The van der Waals surface area contributed by atoms with Crippen LogP contribution in [0.4, 0.5) is 11.9 Å². The van der Waals surface area contributed by atoms with Gasteiger partial charge >= 0.3 is 11.4 Å². The van der Waals surface area contributed by atoms with E-state index in [1.165, 1.54) is 18.3 Å². The van der Waals surface area contributed by atoms with Crippen molar-refractivity contribution < 1.29 is 0 Å². The van der Waals surface area contributed by atoms with E-state index >= 15 is 0 Å². The number of fused-ring (bicyclic) bond motifs is 4. The molecule has 2 aliphatic heterocycles. The molecule has 0 radical (unpaired) electrons. The van der Waals surface area contributed by atoms with Crippen molar-refractivity contribution in [3.05, 3.63) is 113 Å². The van der Waals surface area contributed by atoms with Crippen molar-refractivity contribution >= 4 is 56.0 Å². The number of nitrogens with two attached hydrogens (primary N) is 1. The minimum absolute atomic E-state index is 0.0294. The second-order valence-electron chi connectivity index (χ2n) is 18.9. The lowest BCUT2D eigenvalue weighted by molar-refractivity contribution is 0.378. The van der Waals surface area contributed by atoms with Gasteiger partial charge in [0.05, 0.1) is 42.9 Å². The number of hydrogen-bond acceptors (Lipinski definition) is 14. The predicted octanol–water partition coefficient (Wildman–Crippen LogP) is 2.56. The van der Waals surface area contributed by atoms with E-state index in [1.807, 2.05) is 60.0 Å². The van der Waals surface area contributed by atoms with Gasteiger partial charge in [-0.2, -0.15) is 9.97 Å². The molecule has 0 unspecified atom stereocenters. The Labute approximate surface area is 414 Å². The summed E-state index contributed by atoms with van der Waals surface area (Å²) in [5, 5.41) is 5.62. The number of rotatable bonds is 12. The Morgan fingerprint density at radius 1 is 0.667 bits per heavy atom. The van der Waals surface area contributed by atoms with Crippen LogP contribution in [-0.4, -0.2) is 102 Å². The molecule has 3 N–H and O–H groups in total. The van der Waals surface area contributed by atoms with Crippen molar-refractivity contribution in [2.24, 2.45) is 19.8 Å². The van der Waals surface area contributed by atoms with E-state index < -0.39 is 22.5 Å². The first-order chi connectivity index (χ1) is 34.8. The van der Waals surface area contributed by atoms with Crippen LogP contribution in [0.15, 0.2) is 67.7 Å². The quantitative estimate of drug-likeness (QED) is 0.168. The van der Waals surface area contributed by atoms with Gasteiger partial charge in [0.1, 0.15) is 11.6 Å². The van der Waals surface area contributed by atoms with Crippen LogP contribution in [0.2, 0.25) is 0 Å². The first-order valence-corrected chi connectivity index (χ1v) is 24.5. The van der Waals surface area contributed by atoms with Gasteiger partial charge in [-0.1, -0.05) is 48.2 Å². The Balaban J connectivity index is 0.923. The maximum absolute atomic E-state index is 14.5. The van der Waals surface area contributed by atoms with Crippen LogP contribution in [0.1, 0.15) is 69.5 Å². The Morgan fingerprint density at radius 2 is 1.18 bits per heavy atom.